The third kappa shape index (κ3) is 2.62. The van der Waals surface area contributed by atoms with Crippen LogP contribution in [-0.4, -0.2) is 30.6 Å². The Hall–Kier alpha value is -0.450. The van der Waals surface area contributed by atoms with E-state index in [1.807, 2.05) is 12.1 Å². The van der Waals surface area contributed by atoms with Crippen LogP contribution in [0.1, 0.15) is 12.5 Å². The first kappa shape index (κ1) is 12.0. The Labute approximate surface area is 104 Å². The highest BCUT2D eigenvalue weighted by Gasteiger charge is 2.23. The lowest BCUT2D eigenvalue weighted by Gasteiger charge is -2.37. The number of hydrogen-bond acceptors (Lipinski definition) is 2. The topological polar surface area (TPSA) is 15.3 Å². The zero-order chi connectivity index (χ0) is 11.5. The molecule has 16 heavy (non-hydrogen) atoms. The maximum absolute atomic E-state index is 13.1. The van der Waals surface area contributed by atoms with Gasteiger partial charge in [0.2, 0.25) is 0 Å². The molecule has 0 spiro atoms. The van der Waals surface area contributed by atoms with Gasteiger partial charge in [-0.3, -0.25) is 4.90 Å². The van der Waals surface area contributed by atoms with E-state index in [4.69, 9.17) is 0 Å². The van der Waals surface area contributed by atoms with Crippen molar-refractivity contribution in [3.8, 4) is 0 Å². The number of halogens is 2. The average Bonchev–Trinajstić information content (AvgIpc) is 2.20. The van der Waals surface area contributed by atoms with Gasteiger partial charge in [0.15, 0.2) is 0 Å². The van der Waals surface area contributed by atoms with E-state index in [1.165, 1.54) is 6.07 Å². The van der Waals surface area contributed by atoms with Crippen molar-refractivity contribution in [1.82, 2.24) is 10.2 Å². The lowest BCUT2D eigenvalue weighted by atomic mass is 10.1. The molecule has 1 aromatic carbocycles. The van der Waals surface area contributed by atoms with Crippen molar-refractivity contribution >= 4 is 15.9 Å². The lowest BCUT2D eigenvalue weighted by molar-refractivity contribution is 0.145. The molecule has 1 aromatic rings. The summed E-state index contributed by atoms with van der Waals surface area (Å²) < 4.78 is 13.6. The van der Waals surface area contributed by atoms with Crippen molar-refractivity contribution < 1.29 is 4.39 Å². The van der Waals surface area contributed by atoms with Crippen molar-refractivity contribution in [1.29, 1.82) is 0 Å². The largest absolute Gasteiger partial charge is 0.314 e. The van der Waals surface area contributed by atoms with Gasteiger partial charge in [-0.2, -0.15) is 0 Å². The Morgan fingerprint density at radius 1 is 1.50 bits per heavy atom. The molecule has 1 saturated heterocycles. The van der Waals surface area contributed by atoms with Gasteiger partial charge in [0, 0.05) is 25.7 Å². The van der Waals surface area contributed by atoms with Crippen molar-refractivity contribution in [2.75, 3.05) is 19.6 Å². The van der Waals surface area contributed by atoms with Crippen LogP contribution in [0.4, 0.5) is 4.39 Å². The first-order valence-corrected chi connectivity index (χ1v) is 6.38. The standard InChI is InChI=1S/C12H16BrFN2/c1-2-16(10-6-15-7-10)8-9-3-4-12(14)11(13)5-9/h3-5,10,15H,2,6-8H2,1H3. The molecular formula is C12H16BrFN2. The van der Waals surface area contributed by atoms with Gasteiger partial charge in [-0.25, -0.2) is 4.39 Å². The van der Waals surface area contributed by atoms with E-state index in [-0.39, 0.29) is 5.82 Å². The van der Waals surface area contributed by atoms with Gasteiger partial charge in [0.25, 0.3) is 0 Å². The predicted molar refractivity (Wildman–Crippen MR) is 66.8 cm³/mol. The minimum Gasteiger partial charge on any atom is -0.314 e. The zero-order valence-corrected chi connectivity index (χ0v) is 10.9. The first-order valence-electron chi connectivity index (χ1n) is 5.59. The highest BCUT2D eigenvalue weighted by Crippen LogP contribution is 2.19. The second kappa shape index (κ2) is 5.25. The normalized spacial score (nSPS) is 16.5. The second-order valence-electron chi connectivity index (χ2n) is 4.12. The molecule has 0 radical (unpaired) electrons. The van der Waals surface area contributed by atoms with Crippen LogP contribution in [0.15, 0.2) is 22.7 Å². The fourth-order valence-corrected chi connectivity index (χ4v) is 2.33. The minimum absolute atomic E-state index is 0.197. The Morgan fingerprint density at radius 2 is 2.25 bits per heavy atom. The molecule has 1 heterocycles. The van der Waals surface area contributed by atoms with Gasteiger partial charge >= 0.3 is 0 Å². The van der Waals surface area contributed by atoms with Crippen LogP contribution < -0.4 is 5.32 Å². The van der Waals surface area contributed by atoms with Crippen LogP contribution in [0, 0.1) is 5.82 Å². The van der Waals surface area contributed by atoms with Gasteiger partial charge in [-0.1, -0.05) is 13.0 Å². The van der Waals surface area contributed by atoms with E-state index >= 15 is 0 Å². The SMILES string of the molecule is CCN(Cc1ccc(F)c(Br)c1)C1CNC1. The molecule has 1 fully saturated rings. The van der Waals surface area contributed by atoms with Crippen LogP contribution in [0.25, 0.3) is 0 Å². The summed E-state index contributed by atoms with van der Waals surface area (Å²) in [5.74, 6) is -0.197. The zero-order valence-electron chi connectivity index (χ0n) is 9.34. The summed E-state index contributed by atoms with van der Waals surface area (Å²) >= 11 is 3.22. The van der Waals surface area contributed by atoms with Gasteiger partial charge in [0.1, 0.15) is 5.82 Å². The van der Waals surface area contributed by atoms with Crippen molar-refractivity contribution in [2.24, 2.45) is 0 Å². The van der Waals surface area contributed by atoms with Crippen LogP contribution in [0.5, 0.6) is 0 Å². The molecule has 1 N–H and O–H groups in total. The monoisotopic (exact) mass is 286 g/mol. The van der Waals surface area contributed by atoms with Gasteiger partial charge < -0.3 is 5.32 Å². The number of benzene rings is 1. The molecule has 0 aromatic heterocycles. The summed E-state index contributed by atoms with van der Waals surface area (Å²) in [6, 6.07) is 5.87. The third-order valence-electron chi connectivity index (χ3n) is 3.05. The van der Waals surface area contributed by atoms with Gasteiger partial charge in [-0.05, 0) is 40.2 Å². The molecule has 88 valence electrons. The first-order chi connectivity index (χ1) is 7.70. The molecule has 2 nitrogen and oxygen atoms in total. The minimum atomic E-state index is -0.197. The Morgan fingerprint density at radius 3 is 2.75 bits per heavy atom. The molecule has 1 aliphatic heterocycles. The van der Waals surface area contributed by atoms with E-state index in [0.717, 1.165) is 31.7 Å². The van der Waals surface area contributed by atoms with E-state index in [1.54, 1.807) is 0 Å². The van der Waals surface area contributed by atoms with Crippen LogP contribution >= 0.6 is 15.9 Å². The van der Waals surface area contributed by atoms with E-state index in [0.29, 0.717) is 10.5 Å². The lowest BCUT2D eigenvalue weighted by Crippen LogP contribution is -2.56. The molecule has 0 bridgehead atoms. The van der Waals surface area contributed by atoms with Crippen molar-refractivity contribution in [3.05, 3.63) is 34.1 Å². The van der Waals surface area contributed by atoms with Crippen LogP contribution in [0.2, 0.25) is 0 Å². The molecule has 0 amide bonds. The average molecular weight is 287 g/mol. The molecule has 0 saturated carbocycles. The number of rotatable bonds is 4. The van der Waals surface area contributed by atoms with Crippen LogP contribution in [0.3, 0.4) is 0 Å². The maximum atomic E-state index is 13.1. The molecular weight excluding hydrogens is 271 g/mol. The van der Waals surface area contributed by atoms with Crippen molar-refractivity contribution in [3.63, 3.8) is 0 Å². The summed E-state index contributed by atoms with van der Waals surface area (Å²) in [7, 11) is 0. The Balaban J connectivity index is 2.03. The summed E-state index contributed by atoms with van der Waals surface area (Å²) in [4.78, 5) is 2.41. The van der Waals surface area contributed by atoms with E-state index in [2.05, 4.69) is 33.1 Å². The Kier molecular flexibility index (Phi) is 3.95. The summed E-state index contributed by atoms with van der Waals surface area (Å²) in [5, 5.41) is 3.27. The second-order valence-corrected chi connectivity index (χ2v) is 4.98. The molecule has 1 aliphatic rings. The maximum Gasteiger partial charge on any atom is 0.137 e. The van der Waals surface area contributed by atoms with E-state index < -0.39 is 0 Å². The van der Waals surface area contributed by atoms with E-state index in [9.17, 15) is 4.39 Å². The molecule has 4 heteroatoms. The number of nitrogens with one attached hydrogen (secondary N) is 1. The fraction of sp³-hybridized carbons (Fsp3) is 0.500. The molecule has 0 unspecified atom stereocenters. The summed E-state index contributed by atoms with van der Waals surface area (Å²) in [6.45, 7) is 6.21. The van der Waals surface area contributed by atoms with Gasteiger partial charge in [0.05, 0.1) is 4.47 Å². The number of nitrogens with zero attached hydrogens (tertiary/aromatic N) is 1. The highest BCUT2D eigenvalue weighted by atomic mass is 79.9. The molecule has 2 rings (SSSR count). The fourth-order valence-electron chi connectivity index (χ4n) is 1.90. The summed E-state index contributed by atoms with van der Waals surface area (Å²) in [6.07, 6.45) is 0. The van der Waals surface area contributed by atoms with Crippen LogP contribution in [-0.2, 0) is 6.54 Å². The highest BCUT2D eigenvalue weighted by molar-refractivity contribution is 9.10. The summed E-state index contributed by atoms with van der Waals surface area (Å²) in [5.41, 5.74) is 1.15. The number of likely N-dealkylation sites (N-methyl/N-ethyl adjacent to an activating group) is 1. The molecule has 0 aliphatic carbocycles. The Bertz CT molecular complexity index is 366. The van der Waals surface area contributed by atoms with Crippen molar-refractivity contribution in [2.45, 2.75) is 19.5 Å². The third-order valence-corrected chi connectivity index (χ3v) is 3.66. The smallest absolute Gasteiger partial charge is 0.137 e. The molecule has 0 atom stereocenters. The number of hydrogen-bond donors (Lipinski definition) is 1. The quantitative estimate of drug-likeness (QED) is 0.914. The van der Waals surface area contributed by atoms with Gasteiger partial charge in [-0.15, -0.1) is 0 Å². The predicted octanol–water partition coefficient (Wildman–Crippen LogP) is 2.38.